The van der Waals surface area contributed by atoms with Crippen LogP contribution in [0.2, 0.25) is 0 Å². The molecule has 0 saturated carbocycles. The Morgan fingerprint density at radius 2 is 1.91 bits per heavy atom. The van der Waals surface area contributed by atoms with Gasteiger partial charge in [-0.3, -0.25) is 4.98 Å². The van der Waals surface area contributed by atoms with E-state index < -0.39 is 0 Å². The second kappa shape index (κ2) is 4.44. The minimum atomic E-state index is -0.136. The van der Waals surface area contributed by atoms with E-state index in [4.69, 9.17) is 9.72 Å². The topological polar surface area (TPSA) is 22.1 Å². The van der Waals surface area contributed by atoms with Crippen LogP contribution in [0.25, 0.3) is 21.3 Å². The van der Waals surface area contributed by atoms with E-state index in [2.05, 4.69) is 59.4 Å². The van der Waals surface area contributed by atoms with Crippen molar-refractivity contribution in [1.29, 1.82) is 0 Å². The van der Waals surface area contributed by atoms with Crippen LogP contribution < -0.4 is 0 Å². The zero-order valence-electron chi connectivity index (χ0n) is 13.0. The van der Waals surface area contributed by atoms with E-state index in [-0.39, 0.29) is 11.2 Å². The summed E-state index contributed by atoms with van der Waals surface area (Å²) in [7, 11) is 0. The van der Waals surface area contributed by atoms with Crippen molar-refractivity contribution in [1.82, 2.24) is 4.98 Å². The zero-order chi connectivity index (χ0) is 15.8. The Morgan fingerprint density at radius 3 is 2.74 bits per heavy atom. The van der Waals surface area contributed by atoms with Gasteiger partial charge in [0.1, 0.15) is 0 Å². The Kier molecular flexibility index (Phi) is 2.73. The van der Waals surface area contributed by atoms with E-state index in [0.717, 1.165) is 23.0 Å². The van der Waals surface area contributed by atoms with E-state index in [0.29, 0.717) is 0 Å². The van der Waals surface area contributed by atoms with Crippen molar-refractivity contribution >= 4 is 37.4 Å². The number of thiophene rings is 1. The fraction of sp³-hybridized carbons (Fsp3) is 0.316. The first kappa shape index (κ1) is 14.1. The maximum absolute atomic E-state index is 6.37. The van der Waals surface area contributed by atoms with Crippen molar-refractivity contribution in [2.45, 2.75) is 37.9 Å². The van der Waals surface area contributed by atoms with Gasteiger partial charge in [-0.05, 0) is 71.3 Å². The molecule has 0 N–H and O–H groups in total. The first-order valence-corrected chi connectivity index (χ1v) is 9.55. The lowest BCUT2D eigenvalue weighted by atomic mass is 9.77. The van der Waals surface area contributed by atoms with Crippen molar-refractivity contribution in [2.24, 2.45) is 0 Å². The third-order valence-electron chi connectivity index (χ3n) is 5.41. The third kappa shape index (κ3) is 1.80. The number of pyridine rings is 1. The van der Waals surface area contributed by atoms with E-state index in [1.165, 1.54) is 26.8 Å². The number of benzene rings is 1. The van der Waals surface area contributed by atoms with Crippen molar-refractivity contribution in [3.63, 3.8) is 0 Å². The van der Waals surface area contributed by atoms with Gasteiger partial charge in [0.05, 0.1) is 26.1 Å². The lowest BCUT2D eigenvalue weighted by Gasteiger charge is -2.23. The SMILES string of the molecule is CC12CCC(C)(O1)c1cc(-c3ncc(Br)c4sccc34)ccc12. The van der Waals surface area contributed by atoms with E-state index >= 15 is 0 Å². The average molecular weight is 386 g/mol. The van der Waals surface area contributed by atoms with Gasteiger partial charge in [-0.2, -0.15) is 0 Å². The molecule has 2 unspecified atom stereocenters. The van der Waals surface area contributed by atoms with Gasteiger partial charge in [-0.25, -0.2) is 0 Å². The fourth-order valence-corrected chi connectivity index (χ4v) is 5.60. The van der Waals surface area contributed by atoms with Crippen LogP contribution in [0.5, 0.6) is 0 Å². The Hall–Kier alpha value is -1.23. The zero-order valence-corrected chi connectivity index (χ0v) is 15.4. The van der Waals surface area contributed by atoms with Crippen molar-refractivity contribution in [3.05, 3.63) is 51.4 Å². The standard InChI is InChI=1S/C19H16BrNOS/c1-18-6-7-19(2,22-18)14-9-11(3-4-13(14)18)16-12-5-8-23-17(12)15(20)10-21-16/h3-5,8-10H,6-7H2,1-2H3. The van der Waals surface area contributed by atoms with Gasteiger partial charge in [-0.1, -0.05) is 12.1 Å². The molecular formula is C19H16BrNOS. The summed E-state index contributed by atoms with van der Waals surface area (Å²) in [5.74, 6) is 0. The first-order chi connectivity index (χ1) is 11.0. The van der Waals surface area contributed by atoms with Gasteiger partial charge < -0.3 is 4.74 Å². The van der Waals surface area contributed by atoms with Crippen LogP contribution in [0, 0.1) is 0 Å². The molecule has 1 saturated heterocycles. The maximum Gasteiger partial charge on any atom is 0.0920 e. The Labute approximate surface area is 147 Å². The lowest BCUT2D eigenvalue weighted by Crippen LogP contribution is -2.17. The van der Waals surface area contributed by atoms with Gasteiger partial charge >= 0.3 is 0 Å². The molecule has 2 aliphatic heterocycles. The maximum atomic E-state index is 6.37. The number of hydrogen-bond acceptors (Lipinski definition) is 3. The van der Waals surface area contributed by atoms with Gasteiger partial charge in [0.15, 0.2) is 0 Å². The minimum absolute atomic E-state index is 0.104. The summed E-state index contributed by atoms with van der Waals surface area (Å²) >= 11 is 5.35. The van der Waals surface area contributed by atoms with Crippen LogP contribution in [0.4, 0.5) is 0 Å². The molecule has 4 heterocycles. The van der Waals surface area contributed by atoms with Crippen LogP contribution in [0.15, 0.2) is 40.3 Å². The van der Waals surface area contributed by atoms with Crippen molar-refractivity contribution in [2.75, 3.05) is 0 Å². The summed E-state index contributed by atoms with van der Waals surface area (Å²) in [5.41, 5.74) is 4.70. The number of rotatable bonds is 1. The van der Waals surface area contributed by atoms with Gasteiger partial charge in [-0.15, -0.1) is 11.3 Å². The molecule has 0 spiro atoms. The first-order valence-electron chi connectivity index (χ1n) is 7.87. The normalized spacial score (nSPS) is 28.5. The summed E-state index contributed by atoms with van der Waals surface area (Å²) in [6.07, 6.45) is 4.12. The monoisotopic (exact) mass is 385 g/mol. The molecule has 2 atom stereocenters. The van der Waals surface area contributed by atoms with Gasteiger partial charge in [0.2, 0.25) is 0 Å². The predicted octanol–water partition coefficient (Wildman–Crippen LogP) is 5.98. The minimum Gasteiger partial charge on any atom is -0.360 e. The second-order valence-electron chi connectivity index (χ2n) is 6.94. The lowest BCUT2D eigenvalue weighted by molar-refractivity contribution is -0.0662. The fourth-order valence-electron chi connectivity index (χ4n) is 4.21. The Morgan fingerprint density at radius 1 is 1.13 bits per heavy atom. The number of ether oxygens (including phenoxy) is 1. The highest BCUT2D eigenvalue weighted by Crippen LogP contribution is 2.58. The molecule has 1 aromatic carbocycles. The highest BCUT2D eigenvalue weighted by atomic mass is 79.9. The molecule has 3 aromatic rings. The van der Waals surface area contributed by atoms with Crippen LogP contribution in [-0.2, 0) is 15.9 Å². The van der Waals surface area contributed by atoms with E-state index in [9.17, 15) is 0 Å². The second-order valence-corrected chi connectivity index (χ2v) is 8.71. The highest BCUT2D eigenvalue weighted by molar-refractivity contribution is 9.10. The molecule has 0 amide bonds. The molecule has 1 fully saturated rings. The largest absolute Gasteiger partial charge is 0.360 e. The number of hydrogen-bond donors (Lipinski definition) is 0. The van der Waals surface area contributed by atoms with E-state index in [1.54, 1.807) is 11.3 Å². The Balaban J connectivity index is 1.74. The number of halogens is 1. The molecule has 0 radical (unpaired) electrons. The van der Waals surface area contributed by atoms with Crippen LogP contribution in [0.1, 0.15) is 37.8 Å². The smallest absolute Gasteiger partial charge is 0.0920 e. The summed E-state index contributed by atoms with van der Waals surface area (Å²) in [4.78, 5) is 4.70. The number of nitrogens with zero attached hydrogens (tertiary/aromatic N) is 1. The van der Waals surface area contributed by atoms with Crippen molar-refractivity contribution < 1.29 is 4.74 Å². The molecule has 23 heavy (non-hydrogen) atoms. The van der Waals surface area contributed by atoms with E-state index in [1.807, 2.05) is 6.20 Å². The molecule has 2 aromatic heterocycles. The third-order valence-corrected chi connectivity index (χ3v) is 7.22. The Bertz CT molecular complexity index is 965. The summed E-state index contributed by atoms with van der Waals surface area (Å²) in [6, 6.07) is 8.90. The number of fused-ring (bicyclic) bond motifs is 6. The molecular weight excluding hydrogens is 370 g/mol. The average Bonchev–Trinajstić information content (AvgIpc) is 3.19. The van der Waals surface area contributed by atoms with Crippen molar-refractivity contribution in [3.8, 4) is 11.3 Å². The highest BCUT2D eigenvalue weighted by Gasteiger charge is 2.54. The quantitative estimate of drug-likeness (QED) is 0.513. The molecule has 2 nitrogen and oxygen atoms in total. The molecule has 2 aliphatic rings. The predicted molar refractivity (Wildman–Crippen MR) is 97.8 cm³/mol. The summed E-state index contributed by atoms with van der Waals surface area (Å²) < 4.78 is 8.69. The molecule has 2 bridgehead atoms. The molecule has 5 rings (SSSR count). The molecule has 4 heteroatoms. The van der Waals surface area contributed by atoms with Crippen LogP contribution >= 0.6 is 27.3 Å². The van der Waals surface area contributed by atoms with Crippen LogP contribution in [-0.4, -0.2) is 4.98 Å². The summed E-state index contributed by atoms with van der Waals surface area (Å²) in [5, 5.41) is 3.34. The summed E-state index contributed by atoms with van der Waals surface area (Å²) in [6.45, 7) is 4.45. The van der Waals surface area contributed by atoms with Gasteiger partial charge in [0.25, 0.3) is 0 Å². The molecule has 116 valence electrons. The number of aromatic nitrogens is 1. The van der Waals surface area contributed by atoms with Gasteiger partial charge in [0, 0.05) is 17.1 Å². The molecule has 0 aliphatic carbocycles. The van der Waals surface area contributed by atoms with Crippen LogP contribution in [0.3, 0.4) is 0 Å².